The molecule has 2 aliphatic rings. The summed E-state index contributed by atoms with van der Waals surface area (Å²) in [5, 5.41) is 3.41. The predicted molar refractivity (Wildman–Crippen MR) is 72.6 cm³/mol. The molecule has 0 atom stereocenters. The third kappa shape index (κ3) is 2.69. The van der Waals surface area contributed by atoms with Crippen molar-refractivity contribution in [3.05, 3.63) is 23.3 Å². The van der Waals surface area contributed by atoms with Gasteiger partial charge in [0.05, 0.1) is 6.61 Å². The summed E-state index contributed by atoms with van der Waals surface area (Å²) in [6.45, 7) is 3.16. The molecular weight excluding hydrogens is 242 g/mol. The molecule has 0 aliphatic carbocycles. The van der Waals surface area contributed by atoms with Crippen LogP contribution >= 0.6 is 0 Å². The first-order chi connectivity index (χ1) is 9.38. The van der Waals surface area contributed by atoms with E-state index in [1.807, 2.05) is 0 Å². The van der Waals surface area contributed by atoms with Gasteiger partial charge in [0.2, 0.25) is 6.79 Å². The fraction of sp³-hybridized carbons (Fsp3) is 0.600. The number of rotatable bonds is 4. The maximum atomic E-state index is 5.66. The first-order valence-electron chi connectivity index (χ1n) is 6.98. The second-order valence-electron chi connectivity index (χ2n) is 5.28. The smallest absolute Gasteiger partial charge is 0.231 e. The van der Waals surface area contributed by atoms with Crippen molar-refractivity contribution >= 4 is 0 Å². The zero-order chi connectivity index (χ0) is 13.1. The Bertz CT molecular complexity index is 441. The minimum absolute atomic E-state index is 0.329. The lowest BCUT2D eigenvalue weighted by Gasteiger charge is -2.23. The van der Waals surface area contributed by atoms with Crippen LogP contribution in [0.25, 0.3) is 0 Å². The summed E-state index contributed by atoms with van der Waals surface area (Å²) in [6.07, 6.45) is 3.57. The van der Waals surface area contributed by atoms with Gasteiger partial charge in [0, 0.05) is 12.7 Å². The lowest BCUT2D eigenvalue weighted by molar-refractivity contribution is 0.162. The third-order valence-electron chi connectivity index (χ3n) is 3.95. The van der Waals surface area contributed by atoms with Crippen molar-refractivity contribution in [1.29, 1.82) is 0 Å². The average Bonchev–Trinajstić information content (AvgIpc) is 2.93. The molecule has 2 heterocycles. The van der Waals surface area contributed by atoms with Gasteiger partial charge < -0.3 is 19.5 Å². The van der Waals surface area contributed by atoms with E-state index in [9.17, 15) is 0 Å². The van der Waals surface area contributed by atoms with Crippen molar-refractivity contribution < 1.29 is 14.2 Å². The van der Waals surface area contributed by atoms with Gasteiger partial charge in [-0.05, 0) is 43.8 Å². The molecule has 0 unspecified atom stereocenters. The first-order valence-corrected chi connectivity index (χ1v) is 6.98. The minimum atomic E-state index is 0.329. The van der Waals surface area contributed by atoms with Crippen molar-refractivity contribution in [3.8, 4) is 11.5 Å². The maximum Gasteiger partial charge on any atom is 0.231 e. The van der Waals surface area contributed by atoms with E-state index in [0.29, 0.717) is 13.4 Å². The second kappa shape index (κ2) is 5.80. The fourth-order valence-electron chi connectivity index (χ4n) is 2.93. The Hall–Kier alpha value is -1.26. The first kappa shape index (κ1) is 12.8. The van der Waals surface area contributed by atoms with Crippen LogP contribution in [-0.4, -0.2) is 27.0 Å². The monoisotopic (exact) mass is 263 g/mol. The number of methoxy groups -OCH3 is 1. The van der Waals surface area contributed by atoms with Crippen molar-refractivity contribution in [2.75, 3.05) is 27.0 Å². The molecule has 0 amide bonds. The van der Waals surface area contributed by atoms with E-state index < -0.39 is 0 Å². The van der Waals surface area contributed by atoms with Gasteiger partial charge >= 0.3 is 0 Å². The SMILES string of the molecule is COCc1ccc(CC2CCNCC2)c2c1OCO2. The molecule has 1 saturated heterocycles. The van der Waals surface area contributed by atoms with E-state index in [1.165, 1.54) is 18.4 Å². The Morgan fingerprint density at radius 2 is 1.84 bits per heavy atom. The number of nitrogens with one attached hydrogen (secondary N) is 1. The number of hydrogen-bond acceptors (Lipinski definition) is 4. The van der Waals surface area contributed by atoms with Gasteiger partial charge in [0.25, 0.3) is 0 Å². The highest BCUT2D eigenvalue weighted by molar-refractivity contribution is 5.53. The van der Waals surface area contributed by atoms with Crippen LogP contribution in [-0.2, 0) is 17.8 Å². The van der Waals surface area contributed by atoms with Gasteiger partial charge in [0.1, 0.15) is 0 Å². The van der Waals surface area contributed by atoms with Crippen LogP contribution in [0.2, 0.25) is 0 Å². The van der Waals surface area contributed by atoms with Crippen molar-refractivity contribution in [1.82, 2.24) is 5.32 Å². The van der Waals surface area contributed by atoms with Gasteiger partial charge in [-0.15, -0.1) is 0 Å². The van der Waals surface area contributed by atoms with Crippen molar-refractivity contribution in [2.45, 2.75) is 25.9 Å². The molecule has 4 heteroatoms. The number of fused-ring (bicyclic) bond motifs is 1. The number of benzene rings is 1. The molecule has 0 aromatic heterocycles. The summed E-state index contributed by atoms with van der Waals surface area (Å²) in [5.41, 5.74) is 2.35. The molecule has 0 saturated carbocycles. The summed E-state index contributed by atoms with van der Waals surface area (Å²) in [5.74, 6) is 2.57. The zero-order valence-electron chi connectivity index (χ0n) is 11.4. The summed E-state index contributed by atoms with van der Waals surface area (Å²) in [6, 6.07) is 4.28. The van der Waals surface area contributed by atoms with Gasteiger partial charge in [0.15, 0.2) is 11.5 Å². The molecule has 1 aromatic carbocycles. The highest BCUT2D eigenvalue weighted by Crippen LogP contribution is 2.40. The van der Waals surface area contributed by atoms with Gasteiger partial charge in [-0.3, -0.25) is 0 Å². The molecule has 3 rings (SSSR count). The molecule has 4 nitrogen and oxygen atoms in total. The zero-order valence-corrected chi connectivity index (χ0v) is 11.4. The average molecular weight is 263 g/mol. The predicted octanol–water partition coefficient (Wildman–Crippen LogP) is 2.10. The lowest BCUT2D eigenvalue weighted by atomic mass is 9.90. The highest BCUT2D eigenvalue weighted by atomic mass is 16.7. The Morgan fingerprint density at radius 3 is 2.58 bits per heavy atom. The van der Waals surface area contributed by atoms with Crippen LogP contribution in [0.3, 0.4) is 0 Å². The van der Waals surface area contributed by atoms with Crippen LogP contribution in [0.1, 0.15) is 24.0 Å². The van der Waals surface area contributed by atoms with Crippen LogP contribution < -0.4 is 14.8 Å². The second-order valence-corrected chi connectivity index (χ2v) is 5.28. The van der Waals surface area contributed by atoms with Crippen molar-refractivity contribution in [3.63, 3.8) is 0 Å². The molecular formula is C15H21NO3. The summed E-state index contributed by atoms with van der Waals surface area (Å²) in [4.78, 5) is 0. The van der Waals surface area contributed by atoms with Gasteiger partial charge in [-0.1, -0.05) is 12.1 Å². The topological polar surface area (TPSA) is 39.7 Å². The third-order valence-corrected chi connectivity index (χ3v) is 3.95. The largest absolute Gasteiger partial charge is 0.453 e. The van der Waals surface area contributed by atoms with Crippen LogP contribution in [0.4, 0.5) is 0 Å². The van der Waals surface area contributed by atoms with Crippen LogP contribution in [0, 0.1) is 5.92 Å². The fourth-order valence-corrected chi connectivity index (χ4v) is 2.93. The number of piperidine rings is 1. The van der Waals surface area contributed by atoms with E-state index in [0.717, 1.165) is 42.5 Å². The van der Waals surface area contributed by atoms with E-state index >= 15 is 0 Å². The molecule has 1 N–H and O–H groups in total. The Balaban J connectivity index is 1.80. The summed E-state index contributed by atoms with van der Waals surface area (Å²) < 4.78 is 16.5. The molecule has 1 aromatic rings. The molecule has 1 fully saturated rings. The number of hydrogen-bond donors (Lipinski definition) is 1. The highest BCUT2D eigenvalue weighted by Gasteiger charge is 2.24. The van der Waals surface area contributed by atoms with Crippen LogP contribution in [0.5, 0.6) is 11.5 Å². The normalized spacial score (nSPS) is 18.8. The maximum absolute atomic E-state index is 5.66. The number of ether oxygens (including phenoxy) is 3. The summed E-state index contributed by atoms with van der Waals surface area (Å²) >= 11 is 0. The molecule has 19 heavy (non-hydrogen) atoms. The molecule has 2 aliphatic heterocycles. The van der Waals surface area contributed by atoms with E-state index in [1.54, 1.807) is 7.11 Å². The Labute approximate surface area is 114 Å². The van der Waals surface area contributed by atoms with E-state index in [-0.39, 0.29) is 0 Å². The van der Waals surface area contributed by atoms with Gasteiger partial charge in [-0.25, -0.2) is 0 Å². The Kier molecular flexibility index (Phi) is 3.89. The van der Waals surface area contributed by atoms with Crippen molar-refractivity contribution in [2.24, 2.45) is 5.92 Å². The molecule has 0 bridgehead atoms. The Morgan fingerprint density at radius 1 is 1.16 bits per heavy atom. The van der Waals surface area contributed by atoms with Crippen LogP contribution in [0.15, 0.2) is 12.1 Å². The van der Waals surface area contributed by atoms with Gasteiger partial charge in [-0.2, -0.15) is 0 Å². The molecule has 104 valence electrons. The minimum Gasteiger partial charge on any atom is -0.453 e. The standard InChI is InChI=1S/C15H21NO3/c1-17-9-13-3-2-12(14-15(13)19-10-18-14)8-11-4-6-16-7-5-11/h2-3,11,16H,4-10H2,1H3. The van der Waals surface area contributed by atoms with E-state index in [2.05, 4.69) is 17.4 Å². The lowest BCUT2D eigenvalue weighted by Crippen LogP contribution is -2.28. The summed E-state index contributed by atoms with van der Waals surface area (Å²) in [7, 11) is 1.70. The quantitative estimate of drug-likeness (QED) is 0.903. The van der Waals surface area contributed by atoms with E-state index in [4.69, 9.17) is 14.2 Å². The molecule has 0 spiro atoms. The molecule has 0 radical (unpaired) electrons.